The highest BCUT2D eigenvalue weighted by Crippen LogP contribution is 2.45. The Kier molecular flexibility index (Phi) is 10.8. The van der Waals surface area contributed by atoms with Gasteiger partial charge in [-0.25, -0.2) is 0 Å². The molecule has 0 saturated heterocycles. The number of hydrogen-bond acceptors (Lipinski definition) is 11. The number of ether oxygens (including phenoxy) is 4. The zero-order chi connectivity index (χ0) is 34.5. The molecule has 2 aliphatic rings. The van der Waals surface area contributed by atoms with E-state index in [1.165, 1.54) is 36.5 Å². The minimum atomic E-state index is -1.47. The zero-order valence-electron chi connectivity index (χ0n) is 27.2. The SMILES string of the molecule is COc1nc(O[C@H]2CCc3c(-c4cccc5c4CC[C@@H]5Oc4nc(OC)c(CNCC(O)O)cc4Cl)cccc32)ccc1CNCC(=O)O. The fraction of sp³-hybridized carbons (Fsp3) is 0.361. The van der Waals surface area contributed by atoms with Gasteiger partial charge in [0.2, 0.25) is 23.5 Å². The van der Waals surface area contributed by atoms with Crippen LogP contribution in [0.25, 0.3) is 11.1 Å². The number of methoxy groups -OCH3 is 2. The van der Waals surface area contributed by atoms with Crippen LogP contribution < -0.4 is 29.6 Å². The summed E-state index contributed by atoms with van der Waals surface area (Å²) >= 11 is 6.61. The molecule has 0 unspecified atom stereocenters. The van der Waals surface area contributed by atoms with E-state index in [0.29, 0.717) is 41.3 Å². The van der Waals surface area contributed by atoms with Crippen molar-refractivity contribution < 1.29 is 39.1 Å². The zero-order valence-corrected chi connectivity index (χ0v) is 28.0. The van der Waals surface area contributed by atoms with Crippen molar-refractivity contribution in [3.05, 3.63) is 93.0 Å². The van der Waals surface area contributed by atoms with Crippen LogP contribution in [0.15, 0.2) is 54.6 Å². The average Bonchev–Trinajstić information content (AvgIpc) is 3.70. The summed E-state index contributed by atoms with van der Waals surface area (Å²) in [6.07, 6.45) is 1.37. The van der Waals surface area contributed by atoms with E-state index in [1.54, 1.807) is 12.1 Å². The third kappa shape index (κ3) is 7.74. The molecule has 0 aliphatic heterocycles. The number of aliphatic carboxylic acids is 1. The van der Waals surface area contributed by atoms with Crippen LogP contribution >= 0.6 is 11.6 Å². The number of fused-ring (bicyclic) bond motifs is 2. The molecular weight excluding hydrogens is 652 g/mol. The summed E-state index contributed by atoms with van der Waals surface area (Å²) in [5.74, 6) is 0.529. The number of aliphatic hydroxyl groups is 2. The van der Waals surface area contributed by atoms with Crippen LogP contribution in [0.3, 0.4) is 0 Å². The van der Waals surface area contributed by atoms with Crippen molar-refractivity contribution in [1.82, 2.24) is 20.6 Å². The third-order valence-corrected chi connectivity index (χ3v) is 9.03. The van der Waals surface area contributed by atoms with Crippen LogP contribution in [0.2, 0.25) is 5.02 Å². The summed E-state index contributed by atoms with van der Waals surface area (Å²) in [7, 11) is 3.05. The molecule has 2 aromatic heterocycles. The highest BCUT2D eigenvalue weighted by molar-refractivity contribution is 6.31. The van der Waals surface area contributed by atoms with Gasteiger partial charge in [0.1, 0.15) is 17.2 Å². The fourth-order valence-electron chi connectivity index (χ4n) is 6.61. The lowest BCUT2D eigenvalue weighted by Gasteiger charge is -2.19. The molecule has 2 heterocycles. The first-order valence-electron chi connectivity index (χ1n) is 16.1. The highest BCUT2D eigenvalue weighted by Gasteiger charge is 2.31. The van der Waals surface area contributed by atoms with E-state index in [4.69, 9.17) is 45.9 Å². The molecule has 0 radical (unpaired) electrons. The Bertz CT molecular complexity index is 1820. The first-order valence-corrected chi connectivity index (χ1v) is 16.5. The molecule has 49 heavy (non-hydrogen) atoms. The second-order valence-electron chi connectivity index (χ2n) is 11.9. The Labute approximate surface area is 289 Å². The normalized spacial score (nSPS) is 16.4. The maximum atomic E-state index is 10.9. The van der Waals surface area contributed by atoms with Gasteiger partial charge in [-0.2, -0.15) is 9.97 Å². The molecule has 6 rings (SSSR count). The van der Waals surface area contributed by atoms with Crippen LogP contribution in [0.1, 0.15) is 58.4 Å². The van der Waals surface area contributed by atoms with E-state index in [0.717, 1.165) is 42.4 Å². The Balaban J connectivity index is 1.20. The summed E-state index contributed by atoms with van der Waals surface area (Å²) in [5.41, 5.74) is 8.46. The minimum Gasteiger partial charge on any atom is -0.481 e. The summed E-state index contributed by atoms with van der Waals surface area (Å²) in [6, 6.07) is 18.0. The molecule has 2 aliphatic carbocycles. The number of nitrogens with one attached hydrogen (secondary N) is 2. The van der Waals surface area contributed by atoms with E-state index in [9.17, 15) is 4.79 Å². The number of benzene rings is 2. The first-order chi connectivity index (χ1) is 23.7. The number of hydrogen-bond donors (Lipinski definition) is 5. The van der Waals surface area contributed by atoms with Crippen LogP contribution in [-0.4, -0.2) is 64.9 Å². The summed E-state index contributed by atoms with van der Waals surface area (Å²) in [5, 5.41) is 33.3. The summed E-state index contributed by atoms with van der Waals surface area (Å²) in [4.78, 5) is 20.0. The Morgan fingerprint density at radius 2 is 1.45 bits per heavy atom. The van der Waals surface area contributed by atoms with Crippen molar-refractivity contribution in [3.63, 3.8) is 0 Å². The topological polar surface area (TPSA) is 165 Å². The summed E-state index contributed by atoms with van der Waals surface area (Å²) in [6.45, 7) is 0.442. The molecule has 5 N–H and O–H groups in total. The van der Waals surface area contributed by atoms with Gasteiger partial charge in [-0.15, -0.1) is 0 Å². The predicted molar refractivity (Wildman–Crippen MR) is 181 cm³/mol. The standard InChI is InChI=1S/C36H39ClN4O8/c1-46-34-20(16-38-18-32(42)43)9-14-31(40-34)48-29-12-10-24-22(5-3-7-26(24)29)23-6-4-8-27-25(23)11-13-30(27)49-36-28(37)15-21(35(41-36)47-2)17-39-19-33(44)45/h3-9,14-15,29-30,33,38-39,44-45H,10-13,16-19H2,1-2H3,(H,42,43)/t29-,30-/m0/s1. The molecule has 4 aromatic rings. The third-order valence-electron chi connectivity index (χ3n) is 8.76. The lowest BCUT2D eigenvalue weighted by molar-refractivity contribution is -0.136. The Morgan fingerprint density at radius 1 is 0.837 bits per heavy atom. The smallest absolute Gasteiger partial charge is 0.317 e. The van der Waals surface area contributed by atoms with Crippen molar-refractivity contribution in [2.75, 3.05) is 27.3 Å². The number of rotatable bonds is 15. The Morgan fingerprint density at radius 3 is 2.06 bits per heavy atom. The number of carboxylic acid groups (broad SMARTS) is 1. The number of carboxylic acids is 1. The number of nitrogens with zero attached hydrogens (tertiary/aromatic N) is 2. The maximum absolute atomic E-state index is 10.9. The molecule has 0 bridgehead atoms. The maximum Gasteiger partial charge on any atom is 0.317 e. The molecule has 258 valence electrons. The molecule has 0 amide bonds. The van der Waals surface area contributed by atoms with Crippen molar-refractivity contribution in [2.45, 2.75) is 57.3 Å². The number of carbonyl (C=O) groups is 1. The van der Waals surface area contributed by atoms with E-state index < -0.39 is 12.3 Å². The number of aromatic nitrogens is 2. The van der Waals surface area contributed by atoms with Crippen LogP contribution in [0.5, 0.6) is 23.5 Å². The summed E-state index contributed by atoms with van der Waals surface area (Å²) < 4.78 is 23.8. The van der Waals surface area contributed by atoms with Crippen molar-refractivity contribution in [2.24, 2.45) is 0 Å². The Hall–Kier alpha value is -4.46. The number of aliphatic hydroxyl groups excluding tert-OH is 1. The van der Waals surface area contributed by atoms with Gasteiger partial charge in [-0.1, -0.05) is 48.0 Å². The minimum absolute atomic E-state index is 0.00431. The van der Waals surface area contributed by atoms with Gasteiger partial charge in [-0.3, -0.25) is 4.79 Å². The number of pyridine rings is 2. The average molecular weight is 691 g/mol. The molecule has 0 spiro atoms. The number of halogens is 1. The van der Waals surface area contributed by atoms with Gasteiger partial charge < -0.3 is 44.9 Å². The van der Waals surface area contributed by atoms with Crippen molar-refractivity contribution in [3.8, 4) is 34.6 Å². The molecular formula is C36H39ClN4O8. The van der Waals surface area contributed by atoms with Gasteiger partial charge in [0.15, 0.2) is 6.29 Å². The van der Waals surface area contributed by atoms with Crippen LogP contribution in [-0.2, 0) is 30.7 Å². The molecule has 2 atom stereocenters. The largest absolute Gasteiger partial charge is 0.481 e. The van der Waals surface area contributed by atoms with Crippen molar-refractivity contribution >= 4 is 17.6 Å². The molecule has 0 fully saturated rings. The van der Waals surface area contributed by atoms with Crippen LogP contribution in [0, 0.1) is 0 Å². The van der Waals surface area contributed by atoms with Gasteiger partial charge in [0, 0.05) is 36.8 Å². The lowest BCUT2D eigenvalue weighted by Crippen LogP contribution is -2.26. The second kappa shape index (κ2) is 15.4. The van der Waals surface area contributed by atoms with E-state index in [1.807, 2.05) is 6.07 Å². The monoisotopic (exact) mass is 690 g/mol. The van der Waals surface area contributed by atoms with E-state index >= 15 is 0 Å². The van der Waals surface area contributed by atoms with E-state index in [2.05, 4.69) is 57.0 Å². The molecule has 2 aromatic carbocycles. The molecule has 12 nitrogen and oxygen atoms in total. The van der Waals surface area contributed by atoms with E-state index in [-0.39, 0.29) is 31.2 Å². The molecule has 0 saturated carbocycles. The van der Waals surface area contributed by atoms with Crippen LogP contribution in [0.4, 0.5) is 0 Å². The molecule has 13 heteroatoms. The fourth-order valence-corrected chi connectivity index (χ4v) is 6.83. The quantitative estimate of drug-likeness (QED) is 0.111. The predicted octanol–water partition coefficient (Wildman–Crippen LogP) is 4.52. The van der Waals surface area contributed by atoms with Gasteiger partial charge in [-0.05, 0) is 71.2 Å². The lowest BCUT2D eigenvalue weighted by atomic mass is 9.91. The highest BCUT2D eigenvalue weighted by atomic mass is 35.5. The first kappa shape index (κ1) is 34.4. The second-order valence-corrected chi connectivity index (χ2v) is 12.3. The van der Waals surface area contributed by atoms with Gasteiger partial charge in [0.05, 0.1) is 20.8 Å². The van der Waals surface area contributed by atoms with Gasteiger partial charge in [0.25, 0.3) is 0 Å². The van der Waals surface area contributed by atoms with Crippen molar-refractivity contribution in [1.29, 1.82) is 0 Å². The van der Waals surface area contributed by atoms with Gasteiger partial charge >= 0.3 is 5.97 Å².